The van der Waals surface area contributed by atoms with Crippen LogP contribution in [-0.4, -0.2) is 20.0 Å². The van der Waals surface area contributed by atoms with E-state index in [-0.39, 0.29) is 0 Å². The summed E-state index contributed by atoms with van der Waals surface area (Å²) in [6, 6.07) is 0. The van der Waals surface area contributed by atoms with Gasteiger partial charge in [0.15, 0.2) is 5.13 Å². The third kappa shape index (κ3) is 2.30. The first-order valence-corrected chi connectivity index (χ1v) is 5.55. The molecule has 0 unspecified atom stereocenters. The highest BCUT2D eigenvalue weighted by Crippen LogP contribution is 2.23. The van der Waals surface area contributed by atoms with Gasteiger partial charge in [-0.05, 0) is 15.9 Å². The number of rotatable bonds is 3. The molecule has 0 radical (unpaired) electrons. The van der Waals surface area contributed by atoms with Crippen molar-refractivity contribution in [2.45, 2.75) is 6.54 Å². The van der Waals surface area contributed by atoms with Crippen LogP contribution in [0.15, 0.2) is 16.2 Å². The van der Waals surface area contributed by atoms with Crippen LogP contribution in [-0.2, 0) is 13.6 Å². The van der Waals surface area contributed by atoms with E-state index in [0.29, 0.717) is 6.54 Å². The average Bonchev–Trinajstić information content (AvgIpc) is 2.72. The van der Waals surface area contributed by atoms with E-state index in [1.165, 1.54) is 4.80 Å². The Kier molecular flexibility index (Phi) is 2.78. The summed E-state index contributed by atoms with van der Waals surface area (Å²) in [7, 11) is 1.80. The number of nitrogens with zero attached hydrogens (tertiary/aromatic N) is 4. The molecule has 7 heteroatoms. The summed E-state index contributed by atoms with van der Waals surface area (Å²) in [6.07, 6.45) is 3.50. The summed E-state index contributed by atoms with van der Waals surface area (Å²) >= 11 is 4.90. The van der Waals surface area contributed by atoms with Crippen molar-refractivity contribution in [1.82, 2.24) is 20.0 Å². The minimum atomic E-state index is 0.647. The molecular weight excluding hydrogens is 266 g/mol. The van der Waals surface area contributed by atoms with E-state index in [9.17, 15) is 0 Å². The number of nitrogens with one attached hydrogen (secondary N) is 1. The standard InChI is InChI=1S/C7H8BrN5S/c1-13-11-3-5(12-13)2-9-7-10-4-6(8)14-7/h3-4H,2H2,1H3,(H,9,10). The van der Waals surface area contributed by atoms with Gasteiger partial charge < -0.3 is 5.32 Å². The Morgan fingerprint density at radius 1 is 1.57 bits per heavy atom. The van der Waals surface area contributed by atoms with Crippen molar-refractivity contribution in [2.24, 2.45) is 7.05 Å². The Balaban J connectivity index is 1.94. The molecule has 5 nitrogen and oxygen atoms in total. The topological polar surface area (TPSA) is 55.6 Å². The van der Waals surface area contributed by atoms with Gasteiger partial charge in [-0.2, -0.15) is 15.0 Å². The summed E-state index contributed by atoms with van der Waals surface area (Å²) in [5.74, 6) is 0. The molecule has 14 heavy (non-hydrogen) atoms. The minimum absolute atomic E-state index is 0.647. The SMILES string of the molecule is Cn1ncc(CNc2ncc(Br)s2)n1. The predicted molar refractivity (Wildman–Crippen MR) is 58.1 cm³/mol. The van der Waals surface area contributed by atoms with E-state index in [4.69, 9.17) is 0 Å². The number of aryl methyl sites for hydroxylation is 1. The normalized spacial score (nSPS) is 10.4. The van der Waals surface area contributed by atoms with Gasteiger partial charge in [0.1, 0.15) is 5.69 Å². The van der Waals surface area contributed by atoms with Crippen molar-refractivity contribution in [3.8, 4) is 0 Å². The van der Waals surface area contributed by atoms with Gasteiger partial charge in [0, 0.05) is 7.05 Å². The van der Waals surface area contributed by atoms with Gasteiger partial charge >= 0.3 is 0 Å². The Morgan fingerprint density at radius 3 is 3.00 bits per heavy atom. The molecule has 74 valence electrons. The molecule has 0 aliphatic carbocycles. The number of thiazole rings is 1. The highest BCUT2D eigenvalue weighted by atomic mass is 79.9. The van der Waals surface area contributed by atoms with Gasteiger partial charge in [-0.3, -0.25) is 0 Å². The van der Waals surface area contributed by atoms with Gasteiger partial charge in [0.05, 0.1) is 22.7 Å². The lowest BCUT2D eigenvalue weighted by atomic mass is 10.5. The van der Waals surface area contributed by atoms with Gasteiger partial charge in [0.25, 0.3) is 0 Å². The summed E-state index contributed by atoms with van der Waals surface area (Å²) in [5, 5.41) is 12.1. The lowest BCUT2D eigenvalue weighted by Crippen LogP contribution is -2.00. The summed E-state index contributed by atoms with van der Waals surface area (Å²) in [4.78, 5) is 5.68. The number of hydrogen-bond acceptors (Lipinski definition) is 5. The molecular formula is C7H8BrN5S. The van der Waals surface area contributed by atoms with E-state index >= 15 is 0 Å². The minimum Gasteiger partial charge on any atom is -0.356 e. The molecule has 0 aliphatic rings. The molecule has 2 heterocycles. The van der Waals surface area contributed by atoms with Gasteiger partial charge in [0.2, 0.25) is 0 Å². The number of anilines is 1. The molecule has 0 aromatic carbocycles. The fourth-order valence-corrected chi connectivity index (χ4v) is 2.07. The van der Waals surface area contributed by atoms with Crippen LogP contribution in [0.4, 0.5) is 5.13 Å². The number of hydrogen-bond donors (Lipinski definition) is 1. The largest absolute Gasteiger partial charge is 0.356 e. The zero-order valence-corrected chi connectivity index (χ0v) is 9.84. The van der Waals surface area contributed by atoms with Crippen LogP contribution in [0.5, 0.6) is 0 Å². The monoisotopic (exact) mass is 273 g/mol. The Hall–Kier alpha value is -0.950. The maximum Gasteiger partial charge on any atom is 0.184 e. The highest BCUT2D eigenvalue weighted by Gasteiger charge is 2.01. The maximum atomic E-state index is 4.14. The van der Waals surface area contributed by atoms with E-state index in [1.807, 2.05) is 0 Å². The zero-order chi connectivity index (χ0) is 9.97. The molecule has 1 N–H and O–H groups in total. The average molecular weight is 274 g/mol. The smallest absolute Gasteiger partial charge is 0.184 e. The second-order valence-electron chi connectivity index (χ2n) is 2.65. The van der Waals surface area contributed by atoms with E-state index in [2.05, 4.69) is 36.4 Å². The van der Waals surface area contributed by atoms with E-state index < -0.39 is 0 Å². The molecule has 0 aliphatic heterocycles. The second kappa shape index (κ2) is 4.05. The first kappa shape index (κ1) is 9.60. The first-order chi connectivity index (χ1) is 6.74. The molecule has 2 aromatic heterocycles. The van der Waals surface area contributed by atoms with Crippen LogP contribution < -0.4 is 5.32 Å². The van der Waals surface area contributed by atoms with Crippen LogP contribution >= 0.6 is 27.3 Å². The molecule has 2 aromatic rings. The van der Waals surface area contributed by atoms with Crippen molar-refractivity contribution in [3.63, 3.8) is 0 Å². The molecule has 0 saturated carbocycles. The lowest BCUT2D eigenvalue weighted by molar-refractivity contribution is 0.646. The maximum absolute atomic E-state index is 4.14. The van der Waals surface area contributed by atoms with Crippen molar-refractivity contribution < 1.29 is 0 Å². The molecule has 0 atom stereocenters. The van der Waals surface area contributed by atoms with E-state index in [0.717, 1.165) is 14.6 Å². The van der Waals surface area contributed by atoms with E-state index in [1.54, 1.807) is 30.8 Å². The highest BCUT2D eigenvalue weighted by molar-refractivity contribution is 9.11. The van der Waals surface area contributed by atoms with Crippen LogP contribution in [0.3, 0.4) is 0 Å². The molecule has 0 saturated heterocycles. The van der Waals surface area contributed by atoms with Gasteiger partial charge in [-0.15, -0.1) is 0 Å². The van der Waals surface area contributed by atoms with Crippen molar-refractivity contribution in [1.29, 1.82) is 0 Å². The van der Waals surface area contributed by atoms with Crippen molar-refractivity contribution in [3.05, 3.63) is 21.9 Å². The molecule has 0 amide bonds. The van der Waals surface area contributed by atoms with Crippen LogP contribution in [0.25, 0.3) is 0 Å². The van der Waals surface area contributed by atoms with Gasteiger partial charge in [-0.25, -0.2) is 4.98 Å². The van der Waals surface area contributed by atoms with Crippen LogP contribution in [0.2, 0.25) is 0 Å². The summed E-state index contributed by atoms with van der Waals surface area (Å²) < 4.78 is 1.01. The van der Waals surface area contributed by atoms with Crippen LogP contribution in [0.1, 0.15) is 5.69 Å². The van der Waals surface area contributed by atoms with Crippen molar-refractivity contribution in [2.75, 3.05) is 5.32 Å². The zero-order valence-electron chi connectivity index (χ0n) is 7.44. The van der Waals surface area contributed by atoms with Crippen molar-refractivity contribution >= 4 is 32.4 Å². The number of halogens is 1. The first-order valence-electron chi connectivity index (χ1n) is 3.94. The third-order valence-corrected chi connectivity index (χ3v) is 2.98. The Morgan fingerprint density at radius 2 is 2.43 bits per heavy atom. The molecule has 2 rings (SSSR count). The second-order valence-corrected chi connectivity index (χ2v) is 5.06. The predicted octanol–water partition coefficient (Wildman–Crippen LogP) is 1.65. The third-order valence-electron chi connectivity index (χ3n) is 1.55. The fraction of sp³-hybridized carbons (Fsp3) is 0.286. The lowest BCUT2D eigenvalue weighted by Gasteiger charge is -1.96. The quantitative estimate of drug-likeness (QED) is 0.924. The van der Waals surface area contributed by atoms with Crippen LogP contribution in [0, 0.1) is 0 Å². The summed E-state index contributed by atoms with van der Waals surface area (Å²) in [6.45, 7) is 0.647. The Bertz CT molecular complexity index is 383. The number of aromatic nitrogens is 4. The van der Waals surface area contributed by atoms with Gasteiger partial charge in [-0.1, -0.05) is 11.3 Å². The molecule has 0 spiro atoms. The molecule has 0 bridgehead atoms. The summed E-state index contributed by atoms with van der Waals surface area (Å²) in [5.41, 5.74) is 0.902. The Labute approximate surface area is 93.3 Å². The molecule has 0 fully saturated rings. The fourth-order valence-electron chi connectivity index (χ4n) is 0.971.